The van der Waals surface area contributed by atoms with Crippen LogP contribution in [0.3, 0.4) is 0 Å². The second-order valence-electron chi connectivity index (χ2n) is 11.7. The number of carbonyl (C=O) groups is 3. The van der Waals surface area contributed by atoms with Crippen LogP contribution in [0.4, 0.5) is 0 Å². The summed E-state index contributed by atoms with van der Waals surface area (Å²) < 4.78 is 0. The molecule has 3 rings (SSSR count). The van der Waals surface area contributed by atoms with Crippen LogP contribution >= 0.6 is 0 Å². The van der Waals surface area contributed by atoms with Crippen molar-refractivity contribution in [1.82, 2.24) is 10.6 Å². The Balaban J connectivity index is 1.75. The number of benzene rings is 3. The number of aliphatic hydroxyl groups is 1. The van der Waals surface area contributed by atoms with E-state index in [-0.39, 0.29) is 30.6 Å². The Labute approximate surface area is 249 Å². The predicted octanol–water partition coefficient (Wildman–Crippen LogP) is 4.22. The minimum absolute atomic E-state index is 0.0671. The molecule has 0 spiro atoms. The molecule has 0 bridgehead atoms. The van der Waals surface area contributed by atoms with Gasteiger partial charge in [0.15, 0.2) is 0 Å². The molecule has 0 aliphatic heterocycles. The summed E-state index contributed by atoms with van der Waals surface area (Å²) in [4.78, 5) is 39.5. The van der Waals surface area contributed by atoms with Gasteiger partial charge in [-0.3, -0.25) is 14.4 Å². The topological polar surface area (TPSA) is 122 Å². The normalized spacial score (nSPS) is 14.8. The number of primary amides is 1. The minimum atomic E-state index is -0.910. The van der Waals surface area contributed by atoms with Crippen LogP contribution in [0.1, 0.15) is 50.3 Å². The highest BCUT2D eigenvalue weighted by molar-refractivity contribution is 5.92. The van der Waals surface area contributed by atoms with Crippen molar-refractivity contribution in [3.8, 4) is 0 Å². The van der Waals surface area contributed by atoms with Gasteiger partial charge in [-0.1, -0.05) is 112 Å². The number of aliphatic hydroxyl groups excluding tert-OH is 1. The van der Waals surface area contributed by atoms with Gasteiger partial charge in [0.1, 0.15) is 12.1 Å². The highest BCUT2D eigenvalue weighted by Crippen LogP contribution is 2.22. The lowest BCUT2D eigenvalue weighted by molar-refractivity contribution is -0.133. The van der Waals surface area contributed by atoms with Crippen LogP contribution in [0.25, 0.3) is 0 Å². The lowest BCUT2D eigenvalue weighted by Gasteiger charge is -2.27. The molecule has 0 fully saturated rings. The fraction of sp³-hybridized carbons (Fsp3) is 0.400. The summed E-state index contributed by atoms with van der Waals surface area (Å²) in [5.74, 6) is -1.91. The van der Waals surface area contributed by atoms with E-state index in [0.717, 1.165) is 16.7 Å². The van der Waals surface area contributed by atoms with Gasteiger partial charge in [0.2, 0.25) is 17.7 Å². The maximum Gasteiger partial charge on any atom is 0.243 e. The molecule has 7 nitrogen and oxygen atoms in total. The molecule has 3 amide bonds. The molecule has 0 heterocycles. The zero-order chi connectivity index (χ0) is 30.5. The van der Waals surface area contributed by atoms with Crippen LogP contribution in [0, 0.1) is 17.8 Å². The summed E-state index contributed by atoms with van der Waals surface area (Å²) >= 11 is 0. The molecule has 224 valence electrons. The number of amides is 3. The van der Waals surface area contributed by atoms with Crippen molar-refractivity contribution in [1.29, 1.82) is 0 Å². The smallest absolute Gasteiger partial charge is 0.243 e. The Morgan fingerprint density at radius 1 is 0.643 bits per heavy atom. The van der Waals surface area contributed by atoms with Crippen LogP contribution < -0.4 is 16.4 Å². The predicted molar refractivity (Wildman–Crippen MR) is 166 cm³/mol. The zero-order valence-corrected chi connectivity index (χ0v) is 24.9. The van der Waals surface area contributed by atoms with Gasteiger partial charge < -0.3 is 21.5 Å². The molecule has 0 aliphatic rings. The molecule has 3 aromatic rings. The van der Waals surface area contributed by atoms with Gasteiger partial charge in [-0.05, 0) is 54.2 Å². The molecule has 0 aromatic heterocycles. The van der Waals surface area contributed by atoms with Crippen molar-refractivity contribution in [2.75, 3.05) is 0 Å². The first kappa shape index (κ1) is 32.5. The maximum atomic E-state index is 13.8. The van der Waals surface area contributed by atoms with Gasteiger partial charge in [-0.25, -0.2) is 0 Å². The van der Waals surface area contributed by atoms with Crippen molar-refractivity contribution in [2.45, 2.75) is 71.1 Å². The summed E-state index contributed by atoms with van der Waals surface area (Å²) in [6, 6.07) is 27.2. The molecule has 5 N–H and O–H groups in total. The van der Waals surface area contributed by atoms with E-state index in [4.69, 9.17) is 5.73 Å². The van der Waals surface area contributed by atoms with Crippen LogP contribution in [0.2, 0.25) is 0 Å². The molecule has 0 saturated heterocycles. The SMILES string of the molecule is CC(C)CC(NC(=O)C(Cc1ccccc1)CC(O)C(C)Cc1ccccc1)C(=O)NC(Cc1ccccc1)C(N)=O. The number of hydrogen-bond donors (Lipinski definition) is 4. The van der Waals surface area contributed by atoms with E-state index >= 15 is 0 Å². The van der Waals surface area contributed by atoms with Crippen LogP contribution in [-0.2, 0) is 33.6 Å². The number of carbonyl (C=O) groups excluding carboxylic acids is 3. The van der Waals surface area contributed by atoms with Gasteiger partial charge in [-0.2, -0.15) is 0 Å². The van der Waals surface area contributed by atoms with Crippen molar-refractivity contribution < 1.29 is 19.5 Å². The molecule has 0 radical (unpaired) electrons. The first-order valence-electron chi connectivity index (χ1n) is 14.8. The Morgan fingerprint density at radius 2 is 1.10 bits per heavy atom. The van der Waals surface area contributed by atoms with Crippen LogP contribution in [-0.4, -0.2) is 41.0 Å². The number of nitrogens with two attached hydrogens (primary N) is 1. The highest BCUT2D eigenvalue weighted by Gasteiger charge is 2.31. The molecule has 0 saturated carbocycles. The summed E-state index contributed by atoms with van der Waals surface area (Å²) in [5, 5.41) is 16.9. The average Bonchev–Trinajstić information content (AvgIpc) is 2.97. The fourth-order valence-corrected chi connectivity index (χ4v) is 5.16. The Kier molecular flexibility index (Phi) is 12.8. The molecule has 0 aliphatic carbocycles. The van der Waals surface area contributed by atoms with Crippen molar-refractivity contribution in [3.63, 3.8) is 0 Å². The van der Waals surface area contributed by atoms with Gasteiger partial charge in [-0.15, -0.1) is 0 Å². The quantitative estimate of drug-likeness (QED) is 0.206. The van der Waals surface area contributed by atoms with Crippen molar-refractivity contribution >= 4 is 17.7 Å². The fourth-order valence-electron chi connectivity index (χ4n) is 5.16. The van der Waals surface area contributed by atoms with Gasteiger partial charge in [0.05, 0.1) is 6.10 Å². The largest absolute Gasteiger partial charge is 0.393 e. The van der Waals surface area contributed by atoms with Crippen molar-refractivity contribution in [2.24, 2.45) is 23.5 Å². The molecule has 5 unspecified atom stereocenters. The third kappa shape index (κ3) is 10.8. The second kappa shape index (κ2) is 16.5. The number of rotatable bonds is 16. The first-order chi connectivity index (χ1) is 20.1. The first-order valence-corrected chi connectivity index (χ1v) is 14.8. The van der Waals surface area contributed by atoms with Gasteiger partial charge in [0.25, 0.3) is 0 Å². The summed E-state index contributed by atoms with van der Waals surface area (Å²) in [6.45, 7) is 5.93. The van der Waals surface area contributed by atoms with E-state index in [9.17, 15) is 19.5 Å². The van der Waals surface area contributed by atoms with E-state index in [1.54, 1.807) is 0 Å². The lowest BCUT2D eigenvalue weighted by Crippen LogP contribution is -2.55. The molecule has 7 heteroatoms. The Bertz CT molecular complexity index is 1250. The zero-order valence-electron chi connectivity index (χ0n) is 24.9. The maximum absolute atomic E-state index is 13.8. The molecule has 5 atom stereocenters. The lowest BCUT2D eigenvalue weighted by atomic mass is 9.86. The summed E-state index contributed by atoms with van der Waals surface area (Å²) in [6.07, 6.45) is 1.30. The van der Waals surface area contributed by atoms with Crippen molar-refractivity contribution in [3.05, 3.63) is 108 Å². The summed E-state index contributed by atoms with van der Waals surface area (Å²) in [7, 11) is 0. The van der Waals surface area contributed by atoms with Gasteiger partial charge >= 0.3 is 0 Å². The molecule has 3 aromatic carbocycles. The average molecular weight is 572 g/mol. The van der Waals surface area contributed by atoms with E-state index in [0.29, 0.717) is 19.3 Å². The standard InChI is InChI=1S/C35H45N3O4/c1-24(2)19-31(35(42)37-30(33(36)40)22-28-17-11-6-12-18-28)38-34(41)29(21-27-15-9-5-10-16-27)23-32(39)25(3)20-26-13-7-4-8-14-26/h4-18,24-25,29-32,39H,19-23H2,1-3H3,(H2,36,40)(H,37,42)(H,38,41). The highest BCUT2D eigenvalue weighted by atomic mass is 16.3. The third-order valence-corrected chi connectivity index (χ3v) is 7.56. The Morgan fingerprint density at radius 3 is 1.57 bits per heavy atom. The van der Waals surface area contributed by atoms with E-state index in [2.05, 4.69) is 10.6 Å². The molecular formula is C35H45N3O4. The Hall–Kier alpha value is -3.97. The second-order valence-corrected chi connectivity index (χ2v) is 11.7. The molecular weight excluding hydrogens is 526 g/mol. The van der Waals surface area contributed by atoms with E-state index < -0.39 is 35.9 Å². The minimum Gasteiger partial charge on any atom is -0.393 e. The number of hydrogen-bond acceptors (Lipinski definition) is 4. The van der Waals surface area contributed by atoms with Crippen LogP contribution in [0.5, 0.6) is 0 Å². The van der Waals surface area contributed by atoms with E-state index in [1.165, 1.54) is 0 Å². The monoisotopic (exact) mass is 571 g/mol. The number of nitrogens with one attached hydrogen (secondary N) is 2. The molecule has 42 heavy (non-hydrogen) atoms. The third-order valence-electron chi connectivity index (χ3n) is 7.56. The van der Waals surface area contributed by atoms with Gasteiger partial charge in [0, 0.05) is 12.3 Å². The van der Waals surface area contributed by atoms with E-state index in [1.807, 2.05) is 112 Å². The van der Waals surface area contributed by atoms with Crippen LogP contribution in [0.15, 0.2) is 91.0 Å². The summed E-state index contributed by atoms with van der Waals surface area (Å²) in [5.41, 5.74) is 8.61.